The number of hydrogen-bond donors (Lipinski definition) is 0. The number of benzene rings is 2. The number of hydrogen-bond acceptors (Lipinski definition) is 2. The summed E-state index contributed by atoms with van der Waals surface area (Å²) < 4.78 is 18.5. The topological polar surface area (TPSA) is 12.5 Å². The van der Waals surface area contributed by atoms with Crippen LogP contribution in [-0.4, -0.2) is 32.1 Å². The second-order valence-electron chi connectivity index (χ2n) is 6.76. The Balaban J connectivity index is 1.61. The zero-order valence-corrected chi connectivity index (χ0v) is 14.6. The summed E-state index contributed by atoms with van der Waals surface area (Å²) in [4.78, 5) is 2.39. The van der Waals surface area contributed by atoms with Crippen molar-refractivity contribution in [2.45, 2.75) is 31.6 Å². The highest BCUT2D eigenvalue weighted by atomic mass is 19.1. The van der Waals surface area contributed by atoms with Crippen molar-refractivity contribution in [3.63, 3.8) is 0 Å². The average Bonchev–Trinajstić information content (AvgIpc) is 2.61. The maximum absolute atomic E-state index is 13.0. The molecule has 0 radical (unpaired) electrons. The van der Waals surface area contributed by atoms with Gasteiger partial charge < -0.3 is 9.64 Å². The molecule has 1 unspecified atom stereocenters. The van der Waals surface area contributed by atoms with Gasteiger partial charge in [-0.25, -0.2) is 4.39 Å². The van der Waals surface area contributed by atoms with Crippen LogP contribution in [0.1, 0.15) is 35.4 Å². The van der Waals surface area contributed by atoms with Crippen molar-refractivity contribution in [1.82, 2.24) is 4.90 Å². The molecule has 24 heavy (non-hydrogen) atoms. The first-order valence-electron chi connectivity index (χ1n) is 8.76. The van der Waals surface area contributed by atoms with E-state index in [4.69, 9.17) is 4.74 Å². The molecule has 0 saturated carbocycles. The molecule has 0 fully saturated rings. The first kappa shape index (κ1) is 17.0. The summed E-state index contributed by atoms with van der Waals surface area (Å²) in [6, 6.07) is 13.3. The molecule has 2 aromatic carbocycles. The Morgan fingerprint density at radius 2 is 1.96 bits per heavy atom. The third kappa shape index (κ3) is 3.96. The Bertz CT molecular complexity index is 668. The van der Waals surface area contributed by atoms with E-state index in [-0.39, 0.29) is 5.82 Å². The van der Waals surface area contributed by atoms with Crippen LogP contribution >= 0.6 is 0 Å². The predicted molar refractivity (Wildman–Crippen MR) is 96.3 cm³/mol. The zero-order chi connectivity index (χ0) is 16.9. The Morgan fingerprint density at radius 3 is 2.71 bits per heavy atom. The van der Waals surface area contributed by atoms with Gasteiger partial charge in [0.1, 0.15) is 11.6 Å². The molecule has 0 amide bonds. The molecular weight excluding hydrogens is 301 g/mol. The molecule has 0 aromatic heterocycles. The summed E-state index contributed by atoms with van der Waals surface area (Å²) in [6.45, 7) is 2.04. The number of fused-ring (bicyclic) bond motifs is 1. The highest BCUT2D eigenvalue weighted by Crippen LogP contribution is 2.36. The number of halogens is 1. The van der Waals surface area contributed by atoms with Gasteiger partial charge in [0.05, 0.1) is 7.11 Å². The maximum atomic E-state index is 13.0. The van der Waals surface area contributed by atoms with E-state index < -0.39 is 0 Å². The van der Waals surface area contributed by atoms with Crippen LogP contribution in [0, 0.1) is 5.82 Å². The van der Waals surface area contributed by atoms with Gasteiger partial charge in [0.15, 0.2) is 0 Å². The van der Waals surface area contributed by atoms with Crippen LogP contribution in [0.25, 0.3) is 0 Å². The van der Waals surface area contributed by atoms with Crippen molar-refractivity contribution in [2.24, 2.45) is 0 Å². The van der Waals surface area contributed by atoms with Crippen LogP contribution in [0.5, 0.6) is 5.75 Å². The normalized spacial score (nSPS) is 16.9. The van der Waals surface area contributed by atoms with Crippen LogP contribution in [-0.2, 0) is 12.8 Å². The molecule has 0 heterocycles. The molecular formula is C21H26FNO. The minimum atomic E-state index is -0.167. The van der Waals surface area contributed by atoms with E-state index in [2.05, 4.69) is 30.1 Å². The van der Waals surface area contributed by atoms with Crippen molar-refractivity contribution in [2.75, 3.05) is 27.2 Å². The second-order valence-corrected chi connectivity index (χ2v) is 6.76. The van der Waals surface area contributed by atoms with Gasteiger partial charge >= 0.3 is 0 Å². The maximum Gasteiger partial charge on any atom is 0.123 e. The van der Waals surface area contributed by atoms with E-state index >= 15 is 0 Å². The van der Waals surface area contributed by atoms with Gasteiger partial charge in [-0.05, 0) is 73.5 Å². The summed E-state index contributed by atoms with van der Waals surface area (Å²) in [7, 11) is 3.94. The van der Waals surface area contributed by atoms with E-state index in [0.717, 1.165) is 31.7 Å². The predicted octanol–water partition coefficient (Wildman–Crippen LogP) is 4.43. The van der Waals surface area contributed by atoms with Gasteiger partial charge in [0.25, 0.3) is 0 Å². The van der Waals surface area contributed by atoms with Crippen LogP contribution in [0.15, 0.2) is 42.5 Å². The second kappa shape index (κ2) is 7.80. The summed E-state index contributed by atoms with van der Waals surface area (Å²) in [5.74, 6) is 1.44. The monoisotopic (exact) mass is 327 g/mol. The van der Waals surface area contributed by atoms with Gasteiger partial charge in [-0.2, -0.15) is 0 Å². The molecule has 0 spiro atoms. The Labute approximate surface area is 144 Å². The van der Waals surface area contributed by atoms with Gasteiger partial charge in [-0.3, -0.25) is 0 Å². The first-order valence-corrected chi connectivity index (χ1v) is 8.76. The molecule has 3 heteroatoms. The highest BCUT2D eigenvalue weighted by Gasteiger charge is 2.23. The van der Waals surface area contributed by atoms with Gasteiger partial charge in [0.2, 0.25) is 0 Å². The number of rotatable bonds is 6. The van der Waals surface area contributed by atoms with Gasteiger partial charge in [-0.1, -0.05) is 24.3 Å². The SMILES string of the molecule is COc1cccc2c1CCCC2CN(C)CCc1ccc(F)cc1. The number of ether oxygens (including phenoxy) is 1. The van der Waals surface area contributed by atoms with Crippen molar-refractivity contribution < 1.29 is 9.13 Å². The van der Waals surface area contributed by atoms with Crippen LogP contribution in [0.2, 0.25) is 0 Å². The lowest BCUT2D eigenvalue weighted by Gasteiger charge is -2.30. The molecule has 0 aliphatic heterocycles. The number of likely N-dealkylation sites (N-methyl/N-ethyl adjacent to an activating group) is 1. The first-order chi connectivity index (χ1) is 11.7. The summed E-state index contributed by atoms with van der Waals surface area (Å²) in [5.41, 5.74) is 4.03. The Morgan fingerprint density at radius 1 is 1.17 bits per heavy atom. The Hall–Kier alpha value is -1.87. The van der Waals surface area contributed by atoms with Crippen molar-refractivity contribution in [3.05, 3.63) is 65.0 Å². The minimum Gasteiger partial charge on any atom is -0.496 e. The lowest BCUT2D eigenvalue weighted by molar-refractivity contribution is 0.299. The molecule has 1 aliphatic carbocycles. The lowest BCUT2D eigenvalue weighted by Crippen LogP contribution is -2.28. The molecule has 0 bridgehead atoms. The molecule has 2 aromatic rings. The van der Waals surface area contributed by atoms with Crippen LogP contribution < -0.4 is 4.74 Å². The van der Waals surface area contributed by atoms with E-state index in [1.807, 2.05) is 12.1 Å². The molecule has 1 atom stereocenters. The van der Waals surface area contributed by atoms with Crippen molar-refractivity contribution in [3.8, 4) is 5.75 Å². The number of nitrogens with zero attached hydrogens (tertiary/aromatic N) is 1. The Kier molecular flexibility index (Phi) is 5.52. The van der Waals surface area contributed by atoms with Gasteiger partial charge in [-0.15, -0.1) is 0 Å². The third-order valence-electron chi connectivity index (χ3n) is 5.04. The van der Waals surface area contributed by atoms with E-state index in [9.17, 15) is 4.39 Å². The quantitative estimate of drug-likeness (QED) is 0.778. The van der Waals surface area contributed by atoms with E-state index in [1.54, 1.807) is 19.2 Å². The summed E-state index contributed by atoms with van der Waals surface area (Å²) >= 11 is 0. The van der Waals surface area contributed by atoms with E-state index in [0.29, 0.717) is 5.92 Å². The molecule has 3 rings (SSSR count). The summed E-state index contributed by atoms with van der Waals surface area (Å²) in [5, 5.41) is 0. The smallest absolute Gasteiger partial charge is 0.123 e. The largest absolute Gasteiger partial charge is 0.496 e. The standard InChI is InChI=1S/C21H26FNO/c1-23(14-13-16-9-11-18(22)12-10-16)15-17-5-3-7-20-19(17)6-4-8-21(20)24-2/h4,6,8-12,17H,3,5,7,13-15H2,1-2H3. The molecule has 2 nitrogen and oxygen atoms in total. The van der Waals surface area contributed by atoms with Gasteiger partial charge in [0, 0.05) is 13.1 Å². The van der Waals surface area contributed by atoms with Crippen LogP contribution in [0.3, 0.4) is 0 Å². The fourth-order valence-corrected chi connectivity index (χ4v) is 3.73. The summed E-state index contributed by atoms with van der Waals surface area (Å²) in [6.07, 6.45) is 4.54. The zero-order valence-electron chi connectivity index (χ0n) is 14.6. The lowest BCUT2D eigenvalue weighted by atomic mass is 9.82. The number of methoxy groups -OCH3 is 1. The van der Waals surface area contributed by atoms with Crippen LogP contribution in [0.4, 0.5) is 4.39 Å². The fraction of sp³-hybridized carbons (Fsp3) is 0.429. The van der Waals surface area contributed by atoms with E-state index in [1.165, 1.54) is 29.5 Å². The minimum absolute atomic E-state index is 0.167. The average molecular weight is 327 g/mol. The van der Waals surface area contributed by atoms with Crippen molar-refractivity contribution >= 4 is 0 Å². The highest BCUT2D eigenvalue weighted by molar-refractivity contribution is 5.43. The molecule has 0 saturated heterocycles. The fourth-order valence-electron chi connectivity index (χ4n) is 3.73. The molecule has 0 N–H and O–H groups in total. The third-order valence-corrected chi connectivity index (χ3v) is 5.04. The molecule has 1 aliphatic rings. The van der Waals surface area contributed by atoms with Crippen molar-refractivity contribution in [1.29, 1.82) is 0 Å². The molecule has 128 valence electrons.